The van der Waals surface area contributed by atoms with E-state index in [1.807, 2.05) is 6.92 Å². The number of rotatable bonds is 5. The number of nitrogen functional groups attached to an aromatic ring is 1. The monoisotopic (exact) mass is 288 g/mol. The number of aryl methyl sites for hydroxylation is 1. The van der Waals surface area contributed by atoms with Crippen LogP contribution in [0.5, 0.6) is 0 Å². The van der Waals surface area contributed by atoms with Gasteiger partial charge in [0, 0.05) is 26.3 Å². The second kappa shape index (κ2) is 5.10. The van der Waals surface area contributed by atoms with Crippen LogP contribution < -0.4 is 5.73 Å². The van der Waals surface area contributed by atoms with Crippen molar-refractivity contribution in [3.05, 3.63) is 6.20 Å². The zero-order chi connectivity index (χ0) is 14.2. The molecule has 0 spiro atoms. The van der Waals surface area contributed by atoms with Gasteiger partial charge in [-0.2, -0.15) is 5.10 Å². The lowest BCUT2D eigenvalue weighted by atomic mass is 9.82. The van der Waals surface area contributed by atoms with Gasteiger partial charge in [-0.05, 0) is 25.7 Å². The van der Waals surface area contributed by atoms with Crippen molar-refractivity contribution in [2.45, 2.75) is 37.3 Å². The van der Waals surface area contributed by atoms with E-state index in [1.165, 1.54) is 22.2 Å². The fourth-order valence-corrected chi connectivity index (χ4v) is 3.56. The molecule has 0 radical (unpaired) electrons. The summed E-state index contributed by atoms with van der Waals surface area (Å²) in [5.74, 6) is 0.250. The number of anilines is 1. The van der Waals surface area contributed by atoms with E-state index in [0.29, 0.717) is 25.9 Å². The fourth-order valence-electron chi connectivity index (χ4n) is 2.26. The normalized spacial score (nSPS) is 23.6. The first-order valence-corrected chi connectivity index (χ1v) is 7.76. The second-order valence-corrected chi connectivity index (χ2v) is 7.02. The molecule has 1 fully saturated rings. The summed E-state index contributed by atoms with van der Waals surface area (Å²) in [5, 5.41) is 13.2. The van der Waals surface area contributed by atoms with Gasteiger partial charge in [-0.1, -0.05) is 0 Å². The number of nitrogens with two attached hydrogens (primary N) is 1. The van der Waals surface area contributed by atoms with Crippen LogP contribution in [0.3, 0.4) is 0 Å². The highest BCUT2D eigenvalue weighted by Gasteiger charge is 2.33. The Hall–Kier alpha value is -1.12. The quantitative estimate of drug-likeness (QED) is 0.786. The average Bonchev–Trinajstić information content (AvgIpc) is 2.69. The molecule has 8 heteroatoms. The third kappa shape index (κ3) is 2.75. The summed E-state index contributed by atoms with van der Waals surface area (Å²) in [7, 11) is -2.07. The summed E-state index contributed by atoms with van der Waals surface area (Å²) in [5.41, 5.74) is 5.66. The minimum absolute atomic E-state index is 0.0299. The van der Waals surface area contributed by atoms with Crippen molar-refractivity contribution >= 4 is 15.8 Å². The average molecular weight is 288 g/mol. The minimum atomic E-state index is -3.60. The Morgan fingerprint density at radius 2 is 2.21 bits per heavy atom. The zero-order valence-electron chi connectivity index (χ0n) is 11.2. The predicted molar refractivity (Wildman–Crippen MR) is 70.9 cm³/mol. The molecule has 1 aromatic heterocycles. The molecular formula is C11H20N4O3S. The molecule has 1 saturated carbocycles. The Morgan fingerprint density at radius 1 is 1.58 bits per heavy atom. The lowest BCUT2D eigenvalue weighted by molar-refractivity contribution is 0.0367. The molecular weight excluding hydrogens is 268 g/mol. The molecule has 108 valence electrons. The standard InChI is InChI=1S/C11H20N4O3S/c1-3-15-7-10(11(12)13-15)19(17,18)14(2)6-8-4-9(16)5-8/h7-9,16H,3-6H2,1-2H3,(H2,12,13). The van der Waals surface area contributed by atoms with E-state index in [9.17, 15) is 13.5 Å². The summed E-state index contributed by atoms with van der Waals surface area (Å²) in [6.45, 7) is 2.83. The first-order chi connectivity index (χ1) is 8.84. The smallest absolute Gasteiger partial charge is 0.248 e. The molecule has 1 heterocycles. The van der Waals surface area contributed by atoms with Gasteiger partial charge >= 0.3 is 0 Å². The van der Waals surface area contributed by atoms with Crippen LogP contribution in [0.4, 0.5) is 5.82 Å². The van der Waals surface area contributed by atoms with Gasteiger partial charge in [0.05, 0.1) is 6.10 Å². The molecule has 7 nitrogen and oxygen atoms in total. The molecule has 0 aromatic carbocycles. The number of aliphatic hydroxyl groups is 1. The van der Waals surface area contributed by atoms with Crippen molar-refractivity contribution < 1.29 is 13.5 Å². The highest BCUT2D eigenvalue weighted by Crippen LogP contribution is 2.29. The van der Waals surface area contributed by atoms with E-state index < -0.39 is 10.0 Å². The van der Waals surface area contributed by atoms with Crippen LogP contribution in [-0.4, -0.2) is 47.3 Å². The molecule has 0 aliphatic heterocycles. The van der Waals surface area contributed by atoms with Crippen molar-refractivity contribution in [2.75, 3.05) is 19.3 Å². The van der Waals surface area contributed by atoms with E-state index in [-0.39, 0.29) is 22.7 Å². The van der Waals surface area contributed by atoms with Crippen molar-refractivity contribution in [1.82, 2.24) is 14.1 Å². The van der Waals surface area contributed by atoms with Crippen LogP contribution >= 0.6 is 0 Å². The Bertz CT molecular complexity index is 548. The highest BCUT2D eigenvalue weighted by molar-refractivity contribution is 7.89. The molecule has 0 atom stereocenters. The van der Waals surface area contributed by atoms with Crippen LogP contribution in [0.2, 0.25) is 0 Å². The van der Waals surface area contributed by atoms with E-state index in [1.54, 1.807) is 0 Å². The van der Waals surface area contributed by atoms with Gasteiger partial charge in [0.2, 0.25) is 10.0 Å². The topological polar surface area (TPSA) is 101 Å². The summed E-state index contributed by atoms with van der Waals surface area (Å²) in [6, 6.07) is 0. The van der Waals surface area contributed by atoms with Crippen LogP contribution in [0, 0.1) is 5.92 Å². The summed E-state index contributed by atoms with van der Waals surface area (Å²) in [6.07, 6.45) is 2.48. The van der Waals surface area contributed by atoms with Crippen LogP contribution in [0.1, 0.15) is 19.8 Å². The van der Waals surface area contributed by atoms with E-state index >= 15 is 0 Å². The van der Waals surface area contributed by atoms with Crippen LogP contribution in [-0.2, 0) is 16.6 Å². The maximum Gasteiger partial charge on any atom is 0.248 e. The van der Waals surface area contributed by atoms with Gasteiger partial charge in [0.15, 0.2) is 5.82 Å². The van der Waals surface area contributed by atoms with E-state index in [4.69, 9.17) is 5.73 Å². The molecule has 1 aliphatic rings. The molecule has 0 amide bonds. The summed E-state index contributed by atoms with van der Waals surface area (Å²) < 4.78 is 27.5. The number of sulfonamides is 1. The van der Waals surface area contributed by atoms with Gasteiger partial charge in [-0.25, -0.2) is 12.7 Å². The second-order valence-electron chi connectivity index (χ2n) is 5.01. The maximum absolute atomic E-state index is 12.4. The first kappa shape index (κ1) is 14.3. The fraction of sp³-hybridized carbons (Fsp3) is 0.727. The van der Waals surface area contributed by atoms with Gasteiger partial charge < -0.3 is 10.8 Å². The van der Waals surface area contributed by atoms with Crippen LogP contribution in [0.15, 0.2) is 11.1 Å². The number of nitrogens with zero attached hydrogens (tertiary/aromatic N) is 3. The molecule has 0 saturated heterocycles. The predicted octanol–water partition coefficient (Wildman–Crippen LogP) is -0.123. The lowest BCUT2D eigenvalue weighted by Crippen LogP contribution is -2.39. The first-order valence-electron chi connectivity index (χ1n) is 6.32. The van der Waals surface area contributed by atoms with Gasteiger partial charge in [0.25, 0.3) is 0 Å². The van der Waals surface area contributed by atoms with Gasteiger partial charge in [0.1, 0.15) is 4.90 Å². The highest BCUT2D eigenvalue weighted by atomic mass is 32.2. The maximum atomic E-state index is 12.4. The molecule has 1 aliphatic carbocycles. The third-order valence-corrected chi connectivity index (χ3v) is 5.33. The lowest BCUT2D eigenvalue weighted by Gasteiger charge is -2.33. The van der Waals surface area contributed by atoms with Crippen molar-refractivity contribution in [2.24, 2.45) is 5.92 Å². The molecule has 0 bridgehead atoms. The Labute approximate surface area is 113 Å². The van der Waals surface area contributed by atoms with Crippen molar-refractivity contribution in [3.63, 3.8) is 0 Å². The molecule has 19 heavy (non-hydrogen) atoms. The Balaban J connectivity index is 2.14. The van der Waals surface area contributed by atoms with Gasteiger partial charge in [-0.15, -0.1) is 0 Å². The molecule has 3 N–H and O–H groups in total. The van der Waals surface area contributed by atoms with E-state index in [0.717, 1.165) is 0 Å². The largest absolute Gasteiger partial charge is 0.393 e. The Morgan fingerprint density at radius 3 is 2.68 bits per heavy atom. The Kier molecular flexibility index (Phi) is 3.84. The van der Waals surface area contributed by atoms with Crippen molar-refractivity contribution in [1.29, 1.82) is 0 Å². The number of hydrogen-bond acceptors (Lipinski definition) is 5. The third-order valence-electron chi connectivity index (χ3n) is 3.49. The SMILES string of the molecule is CCn1cc(S(=O)(=O)N(C)CC2CC(O)C2)c(N)n1. The molecule has 1 aromatic rings. The zero-order valence-corrected chi connectivity index (χ0v) is 12.0. The molecule has 2 rings (SSSR count). The van der Waals surface area contributed by atoms with Gasteiger partial charge in [-0.3, -0.25) is 4.68 Å². The van der Waals surface area contributed by atoms with Crippen molar-refractivity contribution in [3.8, 4) is 0 Å². The number of aromatic nitrogens is 2. The number of hydrogen-bond donors (Lipinski definition) is 2. The minimum Gasteiger partial charge on any atom is -0.393 e. The van der Waals surface area contributed by atoms with E-state index in [2.05, 4.69) is 5.10 Å². The van der Waals surface area contributed by atoms with Crippen LogP contribution in [0.25, 0.3) is 0 Å². The number of aliphatic hydroxyl groups excluding tert-OH is 1. The summed E-state index contributed by atoms with van der Waals surface area (Å²) >= 11 is 0. The molecule has 0 unspecified atom stereocenters. The summed E-state index contributed by atoms with van der Waals surface area (Å²) in [4.78, 5) is 0.0525.